The van der Waals surface area contributed by atoms with Gasteiger partial charge < -0.3 is 15.0 Å². The topological polar surface area (TPSA) is 117 Å². The third kappa shape index (κ3) is 3.66. The van der Waals surface area contributed by atoms with Crippen molar-refractivity contribution in [3.05, 3.63) is 63.7 Å². The smallest absolute Gasteiger partial charge is 0.346 e. The molecule has 1 heterocycles. The molecule has 0 spiro atoms. The van der Waals surface area contributed by atoms with E-state index in [1.165, 1.54) is 19.4 Å². The predicted octanol–water partition coefficient (Wildman–Crippen LogP) is 2.47. The van der Waals surface area contributed by atoms with Gasteiger partial charge in [-0.15, -0.1) is 5.01 Å². The average molecular weight is 411 g/mol. The predicted molar refractivity (Wildman–Crippen MR) is 111 cm³/mol. The molecule has 0 aliphatic carbocycles. The summed E-state index contributed by atoms with van der Waals surface area (Å²) in [5.74, 6) is 0.0603. The molecule has 2 aromatic rings. The lowest BCUT2D eigenvalue weighted by Crippen LogP contribution is -2.40. The van der Waals surface area contributed by atoms with Crippen LogP contribution in [-0.2, 0) is 10.3 Å². The van der Waals surface area contributed by atoms with E-state index in [4.69, 9.17) is 4.74 Å². The molecule has 3 amide bonds. The summed E-state index contributed by atoms with van der Waals surface area (Å²) in [5, 5.41) is 18.7. The molecule has 0 bridgehead atoms. The highest BCUT2D eigenvalue weighted by Crippen LogP contribution is 2.31. The minimum absolute atomic E-state index is 0.107. The number of urea groups is 1. The summed E-state index contributed by atoms with van der Waals surface area (Å²) in [7, 11) is 4.93. The first-order chi connectivity index (χ1) is 14.2. The zero-order valence-corrected chi connectivity index (χ0v) is 16.9. The molecule has 0 unspecified atom stereocenters. The Bertz CT molecular complexity index is 1030. The van der Waals surface area contributed by atoms with E-state index in [0.717, 1.165) is 5.01 Å². The van der Waals surface area contributed by atoms with E-state index in [1.54, 1.807) is 62.3 Å². The number of ether oxygens (including phenoxy) is 1. The molecule has 0 radical (unpaired) electrons. The minimum Gasteiger partial charge on any atom is -0.497 e. The number of amides is 3. The van der Waals surface area contributed by atoms with Crippen molar-refractivity contribution in [2.24, 2.45) is 5.10 Å². The zero-order chi connectivity index (χ0) is 22.1. The number of imide groups is 1. The molecule has 10 heteroatoms. The highest BCUT2D eigenvalue weighted by Gasteiger charge is 2.49. The second-order valence-electron chi connectivity index (χ2n) is 7.04. The molecule has 30 heavy (non-hydrogen) atoms. The van der Waals surface area contributed by atoms with Crippen LogP contribution in [0.4, 0.5) is 16.2 Å². The number of benzene rings is 2. The van der Waals surface area contributed by atoms with Crippen molar-refractivity contribution in [2.75, 3.05) is 26.1 Å². The van der Waals surface area contributed by atoms with E-state index in [0.29, 0.717) is 22.6 Å². The molecule has 2 aromatic carbocycles. The summed E-state index contributed by atoms with van der Waals surface area (Å²) in [6, 6.07) is 10.6. The highest BCUT2D eigenvalue weighted by molar-refractivity contribution is 6.07. The number of nitro benzene ring substituents is 1. The number of hydrogen-bond acceptors (Lipinski definition) is 7. The summed E-state index contributed by atoms with van der Waals surface area (Å²) in [5.41, 5.74) is -0.0127. The standard InChI is InChI=1S/C20H21N5O5/c1-20(14-6-8-15(30-4)9-7-14)18(26)24(19(27)22-20)21-12-13-5-10-16(23(2)3)17(11-13)25(28)29/h5-12H,1-4H3,(H,22,27)/b21-12-/t20-/m1/s1. The Morgan fingerprint density at radius 3 is 2.43 bits per heavy atom. The maximum absolute atomic E-state index is 12.9. The first kappa shape index (κ1) is 20.8. The van der Waals surface area contributed by atoms with E-state index in [2.05, 4.69) is 10.4 Å². The average Bonchev–Trinajstić information content (AvgIpc) is 2.95. The molecular formula is C20H21N5O5. The number of anilines is 1. The molecule has 1 atom stereocenters. The molecule has 1 saturated heterocycles. The van der Waals surface area contributed by atoms with E-state index in [1.807, 2.05) is 0 Å². The Hall–Kier alpha value is -3.95. The van der Waals surface area contributed by atoms with Crippen LogP contribution in [0.3, 0.4) is 0 Å². The maximum atomic E-state index is 12.9. The Morgan fingerprint density at radius 1 is 1.20 bits per heavy atom. The number of hydrazone groups is 1. The molecule has 10 nitrogen and oxygen atoms in total. The minimum atomic E-state index is -1.29. The van der Waals surface area contributed by atoms with Gasteiger partial charge in [0.05, 0.1) is 18.2 Å². The van der Waals surface area contributed by atoms with Gasteiger partial charge in [0.15, 0.2) is 0 Å². The van der Waals surface area contributed by atoms with Crippen LogP contribution in [0, 0.1) is 10.1 Å². The lowest BCUT2D eigenvalue weighted by molar-refractivity contribution is -0.384. The van der Waals surface area contributed by atoms with Gasteiger partial charge in [0, 0.05) is 25.7 Å². The van der Waals surface area contributed by atoms with Gasteiger partial charge in [0.25, 0.3) is 11.6 Å². The van der Waals surface area contributed by atoms with Gasteiger partial charge >= 0.3 is 6.03 Å². The summed E-state index contributed by atoms with van der Waals surface area (Å²) in [6.45, 7) is 1.58. The summed E-state index contributed by atoms with van der Waals surface area (Å²) < 4.78 is 5.11. The van der Waals surface area contributed by atoms with Crippen molar-refractivity contribution in [3.8, 4) is 5.75 Å². The van der Waals surface area contributed by atoms with Gasteiger partial charge in [-0.05, 0) is 30.7 Å². The lowest BCUT2D eigenvalue weighted by Gasteiger charge is -2.21. The quantitative estimate of drug-likeness (QED) is 0.338. The number of carbonyl (C=O) groups is 2. The molecule has 0 aromatic heterocycles. The Kier molecular flexibility index (Phi) is 5.41. The fourth-order valence-electron chi connectivity index (χ4n) is 3.12. The lowest BCUT2D eigenvalue weighted by atomic mass is 9.92. The molecule has 3 rings (SSSR count). The van der Waals surface area contributed by atoms with E-state index < -0.39 is 22.4 Å². The first-order valence-corrected chi connectivity index (χ1v) is 8.98. The van der Waals surface area contributed by atoms with Gasteiger partial charge in [-0.3, -0.25) is 14.9 Å². The van der Waals surface area contributed by atoms with Crippen LogP contribution in [0.5, 0.6) is 5.75 Å². The molecule has 156 valence electrons. The van der Waals surface area contributed by atoms with Crippen LogP contribution < -0.4 is 15.0 Å². The Balaban J connectivity index is 1.87. The van der Waals surface area contributed by atoms with Crippen molar-refractivity contribution in [1.82, 2.24) is 10.3 Å². The normalized spacial score (nSPS) is 18.6. The van der Waals surface area contributed by atoms with Crippen LogP contribution in [0.1, 0.15) is 18.1 Å². The molecule has 1 aliphatic rings. The third-order valence-corrected chi connectivity index (χ3v) is 4.84. The van der Waals surface area contributed by atoms with Gasteiger partial charge in [-0.2, -0.15) is 5.10 Å². The monoisotopic (exact) mass is 411 g/mol. The summed E-state index contributed by atoms with van der Waals surface area (Å²) >= 11 is 0. The second-order valence-corrected chi connectivity index (χ2v) is 7.04. The zero-order valence-electron chi connectivity index (χ0n) is 16.9. The SMILES string of the molecule is COc1ccc([C@@]2(C)NC(=O)N(/N=C\c3ccc(N(C)C)c([N+](=O)[O-])c3)C2=O)cc1. The second kappa shape index (κ2) is 7.82. The Morgan fingerprint density at radius 2 is 1.87 bits per heavy atom. The van der Waals surface area contributed by atoms with E-state index in [-0.39, 0.29) is 5.69 Å². The number of nitrogens with one attached hydrogen (secondary N) is 1. The Labute approximate surface area is 172 Å². The fraction of sp³-hybridized carbons (Fsp3) is 0.250. The number of nitro groups is 1. The van der Waals surface area contributed by atoms with Gasteiger partial charge in [-0.1, -0.05) is 18.2 Å². The van der Waals surface area contributed by atoms with Crippen LogP contribution in [-0.4, -0.2) is 49.3 Å². The van der Waals surface area contributed by atoms with Crippen molar-refractivity contribution in [1.29, 1.82) is 0 Å². The van der Waals surface area contributed by atoms with Crippen molar-refractivity contribution < 1.29 is 19.2 Å². The van der Waals surface area contributed by atoms with E-state index >= 15 is 0 Å². The van der Waals surface area contributed by atoms with Crippen molar-refractivity contribution in [3.63, 3.8) is 0 Å². The fourth-order valence-corrected chi connectivity index (χ4v) is 3.12. The first-order valence-electron chi connectivity index (χ1n) is 8.98. The van der Waals surface area contributed by atoms with Crippen LogP contribution >= 0.6 is 0 Å². The van der Waals surface area contributed by atoms with Crippen molar-refractivity contribution >= 4 is 29.5 Å². The number of nitrogens with zero attached hydrogens (tertiary/aromatic N) is 4. The van der Waals surface area contributed by atoms with Crippen LogP contribution in [0.15, 0.2) is 47.6 Å². The largest absolute Gasteiger partial charge is 0.497 e. The molecule has 1 fully saturated rings. The number of carbonyl (C=O) groups excluding carboxylic acids is 2. The molecule has 1 aliphatic heterocycles. The molecule has 0 saturated carbocycles. The maximum Gasteiger partial charge on any atom is 0.346 e. The summed E-state index contributed by atoms with van der Waals surface area (Å²) in [4.78, 5) is 37.7. The van der Waals surface area contributed by atoms with Gasteiger partial charge in [0.2, 0.25) is 0 Å². The van der Waals surface area contributed by atoms with Crippen molar-refractivity contribution in [2.45, 2.75) is 12.5 Å². The third-order valence-electron chi connectivity index (χ3n) is 4.84. The van der Waals surface area contributed by atoms with Crippen LogP contribution in [0.2, 0.25) is 0 Å². The number of rotatable bonds is 6. The van der Waals surface area contributed by atoms with Crippen LogP contribution in [0.25, 0.3) is 0 Å². The number of hydrogen-bond donors (Lipinski definition) is 1. The number of methoxy groups -OCH3 is 1. The molecular weight excluding hydrogens is 390 g/mol. The highest BCUT2D eigenvalue weighted by atomic mass is 16.6. The van der Waals surface area contributed by atoms with Gasteiger partial charge in [0.1, 0.15) is 17.0 Å². The van der Waals surface area contributed by atoms with E-state index in [9.17, 15) is 19.7 Å². The van der Waals surface area contributed by atoms with Gasteiger partial charge in [-0.25, -0.2) is 4.79 Å². The molecule has 1 N–H and O–H groups in total. The summed E-state index contributed by atoms with van der Waals surface area (Å²) in [6.07, 6.45) is 1.24.